The standard InChI is InChI=1S/C14H23N3O2S/c1-10(15)14-17-12(9-20-14)13(18)16-7-8-19-11-5-3-2-4-6-11/h9-11H,2-8,15H2,1H3,(H,16,18). The Kier molecular flexibility index (Phi) is 5.94. The minimum absolute atomic E-state index is 0.129. The van der Waals surface area contributed by atoms with Crippen LogP contribution in [0.3, 0.4) is 0 Å². The summed E-state index contributed by atoms with van der Waals surface area (Å²) >= 11 is 1.42. The zero-order valence-corrected chi connectivity index (χ0v) is 12.7. The van der Waals surface area contributed by atoms with Crippen LogP contribution < -0.4 is 11.1 Å². The molecule has 0 spiro atoms. The lowest BCUT2D eigenvalue weighted by molar-refractivity contribution is 0.0299. The minimum atomic E-state index is -0.152. The topological polar surface area (TPSA) is 77.2 Å². The zero-order valence-electron chi connectivity index (χ0n) is 11.9. The van der Waals surface area contributed by atoms with E-state index in [0.29, 0.717) is 24.9 Å². The highest BCUT2D eigenvalue weighted by atomic mass is 32.1. The van der Waals surface area contributed by atoms with E-state index in [-0.39, 0.29) is 11.9 Å². The minimum Gasteiger partial charge on any atom is -0.376 e. The number of thiazole rings is 1. The lowest BCUT2D eigenvalue weighted by Gasteiger charge is -2.21. The number of aromatic nitrogens is 1. The third-order valence-corrected chi connectivity index (χ3v) is 4.48. The second-order valence-electron chi connectivity index (χ2n) is 5.25. The van der Waals surface area contributed by atoms with Crippen LogP contribution in [-0.4, -0.2) is 30.1 Å². The largest absolute Gasteiger partial charge is 0.376 e. The van der Waals surface area contributed by atoms with Crippen LogP contribution in [0.2, 0.25) is 0 Å². The molecule has 5 nitrogen and oxygen atoms in total. The Bertz CT molecular complexity index is 428. The normalized spacial score (nSPS) is 17.9. The predicted octanol–water partition coefficient (Wildman–Crippen LogP) is 2.24. The van der Waals surface area contributed by atoms with Crippen molar-refractivity contribution in [2.45, 2.75) is 51.2 Å². The van der Waals surface area contributed by atoms with Crippen LogP contribution in [0.1, 0.15) is 60.6 Å². The quantitative estimate of drug-likeness (QED) is 0.789. The van der Waals surface area contributed by atoms with E-state index in [9.17, 15) is 4.79 Å². The molecular formula is C14H23N3O2S. The summed E-state index contributed by atoms with van der Waals surface area (Å²) in [5.74, 6) is -0.152. The van der Waals surface area contributed by atoms with Gasteiger partial charge in [0.1, 0.15) is 10.7 Å². The highest BCUT2D eigenvalue weighted by molar-refractivity contribution is 7.09. The van der Waals surface area contributed by atoms with Gasteiger partial charge in [-0.2, -0.15) is 0 Å². The number of nitrogens with two attached hydrogens (primary N) is 1. The summed E-state index contributed by atoms with van der Waals surface area (Å²) in [5.41, 5.74) is 6.17. The van der Waals surface area contributed by atoms with E-state index in [1.54, 1.807) is 5.38 Å². The number of hydrogen-bond acceptors (Lipinski definition) is 5. The van der Waals surface area contributed by atoms with Crippen LogP contribution in [-0.2, 0) is 4.74 Å². The highest BCUT2D eigenvalue weighted by Gasteiger charge is 2.14. The Morgan fingerprint density at radius 3 is 2.95 bits per heavy atom. The van der Waals surface area contributed by atoms with Crippen LogP contribution >= 0.6 is 11.3 Å². The summed E-state index contributed by atoms with van der Waals surface area (Å²) < 4.78 is 5.76. The second-order valence-corrected chi connectivity index (χ2v) is 6.14. The molecule has 0 saturated heterocycles. The Balaban J connectivity index is 1.66. The molecule has 1 atom stereocenters. The van der Waals surface area contributed by atoms with Crippen molar-refractivity contribution in [3.8, 4) is 0 Å². The Morgan fingerprint density at radius 2 is 2.30 bits per heavy atom. The van der Waals surface area contributed by atoms with Crippen LogP contribution in [0, 0.1) is 0 Å². The number of carbonyl (C=O) groups excluding carboxylic acids is 1. The molecule has 20 heavy (non-hydrogen) atoms. The van der Waals surface area contributed by atoms with Crippen LogP contribution in [0.4, 0.5) is 0 Å². The number of carbonyl (C=O) groups is 1. The lowest BCUT2D eigenvalue weighted by atomic mass is 9.98. The second kappa shape index (κ2) is 7.71. The molecule has 1 aliphatic carbocycles. The molecule has 1 fully saturated rings. The molecule has 1 aliphatic rings. The number of hydrogen-bond donors (Lipinski definition) is 2. The van der Waals surface area contributed by atoms with Crippen molar-refractivity contribution >= 4 is 17.2 Å². The number of nitrogens with one attached hydrogen (secondary N) is 1. The van der Waals surface area contributed by atoms with Gasteiger partial charge in [-0.05, 0) is 19.8 Å². The van der Waals surface area contributed by atoms with Gasteiger partial charge in [-0.25, -0.2) is 4.98 Å². The van der Waals surface area contributed by atoms with Crippen molar-refractivity contribution in [1.82, 2.24) is 10.3 Å². The molecule has 2 rings (SSSR count). The maximum Gasteiger partial charge on any atom is 0.270 e. The SMILES string of the molecule is CC(N)c1nc(C(=O)NCCOC2CCCCC2)cs1. The summed E-state index contributed by atoms with van der Waals surface area (Å²) in [7, 11) is 0. The van der Waals surface area contributed by atoms with Gasteiger partial charge in [0.15, 0.2) is 0 Å². The van der Waals surface area contributed by atoms with E-state index in [1.165, 1.54) is 30.6 Å². The van der Waals surface area contributed by atoms with E-state index >= 15 is 0 Å². The van der Waals surface area contributed by atoms with Gasteiger partial charge < -0.3 is 15.8 Å². The first-order chi connectivity index (χ1) is 9.66. The molecule has 112 valence electrons. The van der Waals surface area contributed by atoms with Crippen molar-refractivity contribution in [3.63, 3.8) is 0 Å². The van der Waals surface area contributed by atoms with E-state index in [0.717, 1.165) is 17.8 Å². The molecule has 1 aromatic rings. The first kappa shape index (κ1) is 15.4. The van der Waals surface area contributed by atoms with Crippen molar-refractivity contribution in [2.24, 2.45) is 5.73 Å². The fourth-order valence-corrected chi connectivity index (χ4v) is 3.07. The maximum atomic E-state index is 11.9. The molecule has 3 N–H and O–H groups in total. The molecule has 0 radical (unpaired) electrons. The van der Waals surface area contributed by atoms with Gasteiger partial charge in [0.25, 0.3) is 5.91 Å². The molecule has 1 aromatic heterocycles. The van der Waals surface area contributed by atoms with Crippen LogP contribution in [0.25, 0.3) is 0 Å². The molecule has 1 amide bonds. The average Bonchev–Trinajstić information content (AvgIpc) is 2.94. The van der Waals surface area contributed by atoms with Crippen molar-refractivity contribution in [3.05, 3.63) is 16.1 Å². The number of rotatable bonds is 6. The Morgan fingerprint density at radius 1 is 1.55 bits per heavy atom. The van der Waals surface area contributed by atoms with E-state index in [1.807, 2.05) is 6.92 Å². The molecule has 0 bridgehead atoms. The molecule has 1 saturated carbocycles. The van der Waals surface area contributed by atoms with Gasteiger partial charge in [0.2, 0.25) is 0 Å². The molecule has 1 unspecified atom stereocenters. The monoisotopic (exact) mass is 297 g/mol. The van der Waals surface area contributed by atoms with Gasteiger partial charge in [0, 0.05) is 11.9 Å². The molecule has 0 aromatic carbocycles. The third-order valence-electron chi connectivity index (χ3n) is 3.44. The van der Waals surface area contributed by atoms with E-state index in [4.69, 9.17) is 10.5 Å². The molecule has 1 heterocycles. The van der Waals surface area contributed by atoms with Crippen molar-refractivity contribution in [2.75, 3.05) is 13.2 Å². The third kappa shape index (κ3) is 4.54. The smallest absolute Gasteiger partial charge is 0.270 e. The van der Waals surface area contributed by atoms with Crippen LogP contribution in [0.5, 0.6) is 0 Å². The molecule has 6 heteroatoms. The van der Waals surface area contributed by atoms with Gasteiger partial charge in [-0.1, -0.05) is 19.3 Å². The lowest BCUT2D eigenvalue weighted by Crippen LogP contribution is -2.29. The Hall–Kier alpha value is -0.980. The maximum absolute atomic E-state index is 11.9. The van der Waals surface area contributed by atoms with Gasteiger partial charge in [-0.15, -0.1) is 11.3 Å². The number of ether oxygens (including phenoxy) is 1. The summed E-state index contributed by atoms with van der Waals surface area (Å²) in [5, 5.41) is 5.36. The fraction of sp³-hybridized carbons (Fsp3) is 0.714. The zero-order chi connectivity index (χ0) is 14.4. The first-order valence-electron chi connectivity index (χ1n) is 7.27. The van der Waals surface area contributed by atoms with Gasteiger partial charge in [-0.3, -0.25) is 4.79 Å². The van der Waals surface area contributed by atoms with Crippen molar-refractivity contribution in [1.29, 1.82) is 0 Å². The van der Waals surface area contributed by atoms with Gasteiger partial charge in [0.05, 0.1) is 18.8 Å². The van der Waals surface area contributed by atoms with E-state index in [2.05, 4.69) is 10.3 Å². The Labute approximate surface area is 123 Å². The van der Waals surface area contributed by atoms with Crippen LogP contribution in [0.15, 0.2) is 5.38 Å². The fourth-order valence-electron chi connectivity index (χ4n) is 2.31. The van der Waals surface area contributed by atoms with Gasteiger partial charge >= 0.3 is 0 Å². The molecular weight excluding hydrogens is 274 g/mol. The summed E-state index contributed by atoms with van der Waals surface area (Å²) in [6.45, 7) is 2.96. The summed E-state index contributed by atoms with van der Waals surface area (Å²) in [6, 6.07) is -0.129. The average molecular weight is 297 g/mol. The first-order valence-corrected chi connectivity index (χ1v) is 8.15. The number of nitrogens with zero attached hydrogens (tertiary/aromatic N) is 1. The summed E-state index contributed by atoms with van der Waals surface area (Å²) in [6.07, 6.45) is 6.52. The number of amides is 1. The van der Waals surface area contributed by atoms with E-state index < -0.39 is 0 Å². The molecule has 0 aliphatic heterocycles. The van der Waals surface area contributed by atoms with Crippen molar-refractivity contribution < 1.29 is 9.53 Å². The highest BCUT2D eigenvalue weighted by Crippen LogP contribution is 2.20. The predicted molar refractivity (Wildman–Crippen MR) is 79.9 cm³/mol. The summed E-state index contributed by atoms with van der Waals surface area (Å²) in [4.78, 5) is 16.1.